The Balaban J connectivity index is 2.03. The second-order valence-electron chi connectivity index (χ2n) is 4.95. The summed E-state index contributed by atoms with van der Waals surface area (Å²) in [5.74, 6) is 0.997. The monoisotopic (exact) mass is 264 g/mol. The summed E-state index contributed by atoms with van der Waals surface area (Å²) in [5.41, 5.74) is 11.0. The molecular formula is C16H16N4. The van der Waals surface area contributed by atoms with Crippen molar-refractivity contribution in [1.82, 2.24) is 9.97 Å². The minimum atomic E-state index is 0.405. The molecule has 0 radical (unpaired) electrons. The van der Waals surface area contributed by atoms with Crippen LogP contribution in [0.1, 0.15) is 11.1 Å². The van der Waals surface area contributed by atoms with Gasteiger partial charge in [-0.3, -0.25) is 0 Å². The minimum absolute atomic E-state index is 0.405. The Labute approximate surface area is 117 Å². The first-order valence-electron chi connectivity index (χ1n) is 6.49. The third-order valence-electron chi connectivity index (χ3n) is 3.08. The van der Waals surface area contributed by atoms with Gasteiger partial charge in [-0.25, -0.2) is 9.97 Å². The van der Waals surface area contributed by atoms with E-state index in [1.165, 1.54) is 11.1 Å². The molecule has 100 valence electrons. The number of rotatable bonds is 2. The lowest BCUT2D eigenvalue weighted by Gasteiger charge is -2.10. The molecule has 1 aromatic heterocycles. The maximum absolute atomic E-state index is 5.97. The Morgan fingerprint density at radius 3 is 2.15 bits per heavy atom. The van der Waals surface area contributed by atoms with Crippen molar-refractivity contribution in [2.24, 2.45) is 0 Å². The Hall–Kier alpha value is -2.62. The highest BCUT2D eigenvalue weighted by Crippen LogP contribution is 2.23. The summed E-state index contributed by atoms with van der Waals surface area (Å²) in [7, 11) is 0. The minimum Gasteiger partial charge on any atom is -0.381 e. The van der Waals surface area contributed by atoms with Gasteiger partial charge in [-0.1, -0.05) is 18.2 Å². The molecule has 3 N–H and O–H groups in total. The molecule has 2 aromatic carbocycles. The van der Waals surface area contributed by atoms with Crippen LogP contribution in [0.2, 0.25) is 0 Å². The fourth-order valence-electron chi connectivity index (χ4n) is 2.29. The molecule has 3 rings (SSSR count). The smallest absolute Gasteiger partial charge is 0.174 e. The van der Waals surface area contributed by atoms with Gasteiger partial charge in [-0.05, 0) is 49.2 Å². The number of nitrogen functional groups attached to an aromatic ring is 1. The van der Waals surface area contributed by atoms with Crippen LogP contribution in [0.3, 0.4) is 0 Å². The fourth-order valence-corrected chi connectivity index (χ4v) is 2.29. The normalized spacial score (nSPS) is 10.7. The van der Waals surface area contributed by atoms with E-state index < -0.39 is 0 Å². The number of anilines is 3. The van der Waals surface area contributed by atoms with Crippen molar-refractivity contribution in [3.63, 3.8) is 0 Å². The maximum Gasteiger partial charge on any atom is 0.174 e. The summed E-state index contributed by atoms with van der Waals surface area (Å²) >= 11 is 0. The van der Waals surface area contributed by atoms with E-state index in [1.807, 2.05) is 24.3 Å². The number of benzene rings is 2. The van der Waals surface area contributed by atoms with E-state index in [-0.39, 0.29) is 0 Å². The van der Waals surface area contributed by atoms with E-state index in [9.17, 15) is 0 Å². The molecule has 1 heterocycles. The van der Waals surface area contributed by atoms with Crippen molar-refractivity contribution in [2.45, 2.75) is 13.8 Å². The predicted molar refractivity (Wildman–Crippen MR) is 83.1 cm³/mol. The van der Waals surface area contributed by atoms with Gasteiger partial charge in [0, 0.05) is 5.69 Å². The van der Waals surface area contributed by atoms with E-state index >= 15 is 0 Å². The van der Waals surface area contributed by atoms with Crippen molar-refractivity contribution in [3.05, 3.63) is 53.6 Å². The number of nitrogens with two attached hydrogens (primary N) is 1. The molecule has 0 fully saturated rings. The van der Waals surface area contributed by atoms with Crippen LogP contribution in [0.4, 0.5) is 17.3 Å². The molecule has 3 aromatic rings. The summed E-state index contributed by atoms with van der Waals surface area (Å²) in [6.07, 6.45) is 0. The standard InChI is InChI=1S/C16H16N4/c1-10-7-11(2)9-12(8-10)18-16-15(17)19-13-5-3-4-6-14(13)20-16/h3-9H,1-2H3,(H2,17,19)(H,18,20). The van der Waals surface area contributed by atoms with Crippen molar-refractivity contribution < 1.29 is 0 Å². The van der Waals surface area contributed by atoms with Crippen LogP contribution >= 0.6 is 0 Å². The first-order valence-corrected chi connectivity index (χ1v) is 6.49. The number of hydrogen-bond acceptors (Lipinski definition) is 4. The van der Waals surface area contributed by atoms with Crippen LogP contribution in [0.5, 0.6) is 0 Å². The Morgan fingerprint density at radius 1 is 0.900 bits per heavy atom. The number of nitrogens with zero attached hydrogens (tertiary/aromatic N) is 2. The first-order chi connectivity index (χ1) is 9.61. The average molecular weight is 264 g/mol. The summed E-state index contributed by atoms with van der Waals surface area (Å²) in [5, 5.41) is 3.25. The van der Waals surface area contributed by atoms with Gasteiger partial charge >= 0.3 is 0 Å². The number of para-hydroxylation sites is 2. The van der Waals surface area contributed by atoms with E-state index in [2.05, 4.69) is 47.3 Å². The molecule has 0 aliphatic rings. The Morgan fingerprint density at radius 2 is 1.50 bits per heavy atom. The number of fused-ring (bicyclic) bond motifs is 1. The van der Waals surface area contributed by atoms with Gasteiger partial charge < -0.3 is 11.1 Å². The van der Waals surface area contributed by atoms with Crippen molar-refractivity contribution >= 4 is 28.4 Å². The van der Waals surface area contributed by atoms with E-state index in [4.69, 9.17) is 5.73 Å². The average Bonchev–Trinajstić information content (AvgIpc) is 2.38. The topological polar surface area (TPSA) is 63.8 Å². The summed E-state index contributed by atoms with van der Waals surface area (Å²) < 4.78 is 0. The zero-order valence-electron chi connectivity index (χ0n) is 11.5. The highest BCUT2D eigenvalue weighted by atomic mass is 15.1. The molecule has 20 heavy (non-hydrogen) atoms. The van der Waals surface area contributed by atoms with Gasteiger partial charge in [0.15, 0.2) is 11.6 Å². The molecular weight excluding hydrogens is 248 g/mol. The second kappa shape index (κ2) is 4.81. The van der Waals surface area contributed by atoms with Gasteiger partial charge in [0.1, 0.15) is 0 Å². The van der Waals surface area contributed by atoms with Gasteiger partial charge in [0.25, 0.3) is 0 Å². The zero-order valence-corrected chi connectivity index (χ0v) is 11.5. The van der Waals surface area contributed by atoms with Gasteiger partial charge in [0.05, 0.1) is 11.0 Å². The SMILES string of the molecule is Cc1cc(C)cc(Nc2nc3ccccc3nc2N)c1. The lowest BCUT2D eigenvalue weighted by Crippen LogP contribution is -2.02. The summed E-state index contributed by atoms with van der Waals surface area (Å²) in [6, 6.07) is 13.9. The van der Waals surface area contributed by atoms with Gasteiger partial charge in [-0.15, -0.1) is 0 Å². The van der Waals surface area contributed by atoms with Crippen LogP contribution in [-0.4, -0.2) is 9.97 Å². The second-order valence-corrected chi connectivity index (χ2v) is 4.95. The number of aryl methyl sites for hydroxylation is 2. The highest BCUT2D eigenvalue weighted by molar-refractivity contribution is 5.81. The molecule has 0 bridgehead atoms. The van der Waals surface area contributed by atoms with Crippen molar-refractivity contribution in [2.75, 3.05) is 11.1 Å². The molecule has 0 saturated heterocycles. The third kappa shape index (κ3) is 2.40. The quantitative estimate of drug-likeness (QED) is 0.742. The highest BCUT2D eigenvalue weighted by Gasteiger charge is 2.06. The molecule has 0 aliphatic carbocycles. The van der Waals surface area contributed by atoms with Crippen molar-refractivity contribution in [3.8, 4) is 0 Å². The maximum atomic E-state index is 5.97. The lowest BCUT2D eigenvalue weighted by atomic mass is 10.1. The molecule has 0 aliphatic heterocycles. The van der Waals surface area contributed by atoms with E-state index in [1.54, 1.807) is 0 Å². The van der Waals surface area contributed by atoms with E-state index in [0.717, 1.165) is 16.7 Å². The van der Waals surface area contributed by atoms with Crippen LogP contribution in [0, 0.1) is 13.8 Å². The first kappa shape index (κ1) is 12.4. The lowest BCUT2D eigenvalue weighted by molar-refractivity contribution is 1.28. The number of nitrogens with one attached hydrogen (secondary N) is 1. The van der Waals surface area contributed by atoms with Crippen molar-refractivity contribution in [1.29, 1.82) is 0 Å². The largest absolute Gasteiger partial charge is 0.381 e. The molecule has 4 nitrogen and oxygen atoms in total. The van der Waals surface area contributed by atoms with Crippen LogP contribution in [-0.2, 0) is 0 Å². The Kier molecular flexibility index (Phi) is 2.99. The molecule has 0 unspecified atom stereocenters. The van der Waals surface area contributed by atoms with Crippen LogP contribution in [0.25, 0.3) is 11.0 Å². The molecule has 0 saturated carbocycles. The molecule has 0 amide bonds. The van der Waals surface area contributed by atoms with E-state index in [0.29, 0.717) is 11.6 Å². The number of aromatic nitrogens is 2. The predicted octanol–water partition coefficient (Wildman–Crippen LogP) is 3.57. The summed E-state index contributed by atoms with van der Waals surface area (Å²) in [6.45, 7) is 4.13. The number of hydrogen-bond donors (Lipinski definition) is 2. The molecule has 0 spiro atoms. The van der Waals surface area contributed by atoms with Crippen LogP contribution < -0.4 is 11.1 Å². The van der Waals surface area contributed by atoms with Gasteiger partial charge in [-0.2, -0.15) is 0 Å². The third-order valence-corrected chi connectivity index (χ3v) is 3.08. The van der Waals surface area contributed by atoms with Gasteiger partial charge in [0.2, 0.25) is 0 Å². The molecule has 4 heteroatoms. The fraction of sp³-hybridized carbons (Fsp3) is 0.125. The zero-order chi connectivity index (χ0) is 14.1. The summed E-state index contributed by atoms with van der Waals surface area (Å²) in [4.78, 5) is 8.90. The Bertz CT molecular complexity index is 760. The van der Waals surface area contributed by atoms with Crippen LogP contribution in [0.15, 0.2) is 42.5 Å². The molecule has 0 atom stereocenters.